The van der Waals surface area contributed by atoms with Gasteiger partial charge in [0.2, 0.25) is 0 Å². The first-order chi connectivity index (χ1) is 7.58. The van der Waals surface area contributed by atoms with Gasteiger partial charge in [-0.3, -0.25) is 0 Å². The minimum Gasteiger partial charge on any atom is -0.495 e. The molecule has 6 heteroatoms. The van der Waals surface area contributed by atoms with Crippen LogP contribution in [0.4, 0.5) is 5.69 Å². The lowest BCUT2D eigenvalue weighted by Gasteiger charge is -2.11. The molecule has 0 amide bonds. The number of nitrogens with two attached hydrogens (primary N) is 3. The number of amidine groups is 1. The molecule has 0 unspecified atom stereocenters. The minimum atomic E-state index is 0.318. The van der Waals surface area contributed by atoms with Crippen LogP contribution in [0.5, 0.6) is 5.75 Å². The van der Waals surface area contributed by atoms with Crippen LogP contribution < -0.4 is 22.0 Å². The SMILES string of the molecule is CCN(N)/N=C(\N)c1ccc(OC)c(N)c1. The molecule has 0 radical (unpaired) electrons. The van der Waals surface area contributed by atoms with Gasteiger partial charge in [-0.25, -0.2) is 11.0 Å². The molecule has 16 heavy (non-hydrogen) atoms. The van der Waals surface area contributed by atoms with E-state index in [0.717, 1.165) is 0 Å². The number of hydrogen-bond acceptors (Lipinski definition) is 5. The van der Waals surface area contributed by atoms with Crippen LogP contribution >= 0.6 is 0 Å². The zero-order chi connectivity index (χ0) is 12.1. The molecule has 0 atom stereocenters. The smallest absolute Gasteiger partial charge is 0.152 e. The summed E-state index contributed by atoms with van der Waals surface area (Å²) in [5.41, 5.74) is 12.7. The van der Waals surface area contributed by atoms with E-state index in [1.165, 1.54) is 5.12 Å². The van der Waals surface area contributed by atoms with Gasteiger partial charge in [0.25, 0.3) is 0 Å². The summed E-state index contributed by atoms with van der Waals surface area (Å²) in [6, 6.07) is 5.21. The van der Waals surface area contributed by atoms with Crippen molar-refractivity contribution >= 4 is 11.5 Å². The first kappa shape index (κ1) is 12.1. The van der Waals surface area contributed by atoms with E-state index in [1.807, 2.05) is 6.92 Å². The maximum Gasteiger partial charge on any atom is 0.152 e. The second-order valence-electron chi connectivity index (χ2n) is 3.20. The van der Waals surface area contributed by atoms with Gasteiger partial charge in [-0.05, 0) is 25.1 Å². The summed E-state index contributed by atoms with van der Waals surface area (Å²) in [4.78, 5) is 0. The maximum absolute atomic E-state index is 5.76. The van der Waals surface area contributed by atoms with Crippen LogP contribution in [0.3, 0.4) is 0 Å². The van der Waals surface area contributed by atoms with E-state index >= 15 is 0 Å². The molecular formula is C10H17N5O. The van der Waals surface area contributed by atoms with E-state index < -0.39 is 0 Å². The number of nitrogen functional groups attached to an aromatic ring is 1. The van der Waals surface area contributed by atoms with Crippen molar-refractivity contribution in [2.24, 2.45) is 16.7 Å². The number of rotatable bonds is 4. The Morgan fingerprint density at radius 3 is 2.69 bits per heavy atom. The van der Waals surface area contributed by atoms with E-state index in [1.54, 1.807) is 25.3 Å². The van der Waals surface area contributed by atoms with Gasteiger partial charge in [0.15, 0.2) is 5.84 Å². The lowest BCUT2D eigenvalue weighted by atomic mass is 10.2. The molecule has 0 bridgehead atoms. The number of benzene rings is 1. The molecule has 0 saturated carbocycles. The second kappa shape index (κ2) is 5.22. The highest BCUT2D eigenvalue weighted by atomic mass is 16.5. The van der Waals surface area contributed by atoms with Crippen molar-refractivity contribution in [1.82, 2.24) is 5.12 Å². The molecule has 1 aromatic rings. The summed E-state index contributed by atoms with van der Waals surface area (Å²) in [7, 11) is 1.56. The monoisotopic (exact) mass is 223 g/mol. The zero-order valence-electron chi connectivity index (χ0n) is 9.47. The van der Waals surface area contributed by atoms with E-state index in [9.17, 15) is 0 Å². The first-order valence-electron chi connectivity index (χ1n) is 4.88. The molecule has 0 aliphatic rings. The van der Waals surface area contributed by atoms with Gasteiger partial charge in [-0.1, -0.05) is 0 Å². The molecule has 1 rings (SSSR count). The Kier molecular flexibility index (Phi) is 3.96. The average molecular weight is 223 g/mol. The number of anilines is 1. The number of ether oxygens (including phenoxy) is 1. The summed E-state index contributed by atoms with van der Waals surface area (Å²) in [5.74, 6) is 6.44. The summed E-state index contributed by atoms with van der Waals surface area (Å²) >= 11 is 0. The van der Waals surface area contributed by atoms with Crippen LogP contribution in [0.2, 0.25) is 0 Å². The summed E-state index contributed by atoms with van der Waals surface area (Å²) in [6.07, 6.45) is 0. The number of hydrogen-bond donors (Lipinski definition) is 3. The fraction of sp³-hybridized carbons (Fsp3) is 0.300. The van der Waals surface area contributed by atoms with Gasteiger partial charge < -0.3 is 16.2 Å². The third kappa shape index (κ3) is 2.77. The first-order valence-corrected chi connectivity index (χ1v) is 4.88. The van der Waals surface area contributed by atoms with Gasteiger partial charge in [0, 0.05) is 5.56 Å². The van der Waals surface area contributed by atoms with Crippen molar-refractivity contribution in [3.05, 3.63) is 23.8 Å². The Labute approximate surface area is 94.6 Å². The van der Waals surface area contributed by atoms with Crippen LogP contribution in [0.25, 0.3) is 0 Å². The average Bonchev–Trinajstić information content (AvgIpc) is 2.28. The molecule has 0 aliphatic carbocycles. The molecule has 0 heterocycles. The predicted molar refractivity (Wildman–Crippen MR) is 64.7 cm³/mol. The van der Waals surface area contributed by atoms with Crippen LogP contribution in [0.1, 0.15) is 12.5 Å². The van der Waals surface area contributed by atoms with Gasteiger partial charge in [0.1, 0.15) is 5.75 Å². The summed E-state index contributed by atoms with van der Waals surface area (Å²) in [6.45, 7) is 2.45. The van der Waals surface area contributed by atoms with E-state index in [4.69, 9.17) is 22.0 Å². The van der Waals surface area contributed by atoms with Gasteiger partial charge in [0.05, 0.1) is 19.3 Å². The van der Waals surface area contributed by atoms with Gasteiger partial charge in [-0.2, -0.15) is 0 Å². The lowest BCUT2D eigenvalue weighted by Crippen LogP contribution is -2.29. The molecule has 0 saturated heterocycles. The summed E-state index contributed by atoms with van der Waals surface area (Å²) < 4.78 is 5.04. The van der Waals surface area contributed by atoms with Crippen molar-refractivity contribution in [2.75, 3.05) is 19.4 Å². The Balaban J connectivity index is 2.97. The largest absolute Gasteiger partial charge is 0.495 e. The highest BCUT2D eigenvalue weighted by Gasteiger charge is 2.04. The van der Waals surface area contributed by atoms with Gasteiger partial charge >= 0.3 is 0 Å². The predicted octanol–water partition coefficient (Wildman–Crippen LogP) is 0.0933. The number of hydrazine groups is 1. The fourth-order valence-electron chi connectivity index (χ4n) is 1.16. The van der Waals surface area contributed by atoms with E-state index in [0.29, 0.717) is 29.4 Å². The topological polar surface area (TPSA) is 103 Å². The highest BCUT2D eigenvalue weighted by Crippen LogP contribution is 2.21. The molecule has 0 spiro atoms. The minimum absolute atomic E-state index is 0.318. The molecule has 6 N–H and O–H groups in total. The number of methoxy groups -OCH3 is 1. The molecule has 88 valence electrons. The Morgan fingerprint density at radius 1 is 1.50 bits per heavy atom. The normalized spacial score (nSPS) is 11.3. The molecule has 0 fully saturated rings. The van der Waals surface area contributed by atoms with Crippen LogP contribution in [-0.4, -0.2) is 24.6 Å². The third-order valence-electron chi connectivity index (χ3n) is 2.09. The van der Waals surface area contributed by atoms with Gasteiger partial charge in [-0.15, -0.1) is 5.10 Å². The number of hydrazone groups is 1. The standard InChI is InChI=1S/C10H17N5O/c1-3-15(13)14-10(12)7-4-5-9(16-2)8(11)6-7/h4-6H,3,11,13H2,1-2H3,(H2,12,14). The van der Waals surface area contributed by atoms with Crippen molar-refractivity contribution in [2.45, 2.75) is 6.92 Å². The van der Waals surface area contributed by atoms with E-state index in [-0.39, 0.29) is 0 Å². The van der Waals surface area contributed by atoms with Crippen molar-refractivity contribution in [3.63, 3.8) is 0 Å². The van der Waals surface area contributed by atoms with Crippen LogP contribution in [0.15, 0.2) is 23.3 Å². The highest BCUT2D eigenvalue weighted by molar-refractivity contribution is 5.98. The molecular weight excluding hydrogens is 206 g/mol. The van der Waals surface area contributed by atoms with Crippen molar-refractivity contribution in [3.8, 4) is 5.75 Å². The lowest BCUT2D eigenvalue weighted by molar-refractivity contribution is 0.316. The fourth-order valence-corrected chi connectivity index (χ4v) is 1.16. The quantitative estimate of drug-likeness (QED) is 0.221. The van der Waals surface area contributed by atoms with Crippen molar-refractivity contribution < 1.29 is 4.74 Å². The zero-order valence-corrected chi connectivity index (χ0v) is 9.47. The van der Waals surface area contributed by atoms with Crippen LogP contribution in [-0.2, 0) is 0 Å². The maximum atomic E-state index is 5.76. The van der Waals surface area contributed by atoms with Crippen LogP contribution in [0, 0.1) is 0 Å². The number of nitrogens with zero attached hydrogens (tertiary/aromatic N) is 2. The van der Waals surface area contributed by atoms with Crippen molar-refractivity contribution in [1.29, 1.82) is 0 Å². The molecule has 1 aromatic carbocycles. The van der Waals surface area contributed by atoms with E-state index in [2.05, 4.69) is 5.10 Å². The Hall–Kier alpha value is -1.95. The molecule has 0 aromatic heterocycles. The summed E-state index contributed by atoms with van der Waals surface area (Å²) in [5, 5.41) is 5.23. The Morgan fingerprint density at radius 2 is 2.19 bits per heavy atom. The second-order valence-corrected chi connectivity index (χ2v) is 3.20. The molecule has 6 nitrogen and oxygen atoms in total. The molecule has 0 aliphatic heterocycles. The third-order valence-corrected chi connectivity index (χ3v) is 2.09. The Bertz CT molecular complexity index is 391.